The summed E-state index contributed by atoms with van der Waals surface area (Å²) in [5, 5.41) is 6.73. The fourth-order valence-electron chi connectivity index (χ4n) is 3.88. The number of carbonyl (C=O) groups is 1. The Labute approximate surface area is 172 Å². The molecule has 28 heavy (non-hydrogen) atoms. The molecule has 1 aromatic heterocycles. The SMILES string of the molecule is CC(C)Sc1ccc(C(=O)Nc2nc3c(cc4c5c(cccc53)CC4)s2)cc1. The van der Waals surface area contributed by atoms with Gasteiger partial charge in [-0.3, -0.25) is 10.1 Å². The van der Waals surface area contributed by atoms with Gasteiger partial charge in [0, 0.05) is 21.1 Å². The van der Waals surface area contributed by atoms with E-state index in [9.17, 15) is 4.79 Å². The van der Waals surface area contributed by atoms with E-state index in [-0.39, 0.29) is 5.91 Å². The van der Waals surface area contributed by atoms with E-state index in [1.165, 1.54) is 26.8 Å². The van der Waals surface area contributed by atoms with Crippen LogP contribution in [0.5, 0.6) is 0 Å². The molecule has 0 unspecified atom stereocenters. The summed E-state index contributed by atoms with van der Waals surface area (Å²) in [6.07, 6.45) is 2.20. The van der Waals surface area contributed by atoms with E-state index in [2.05, 4.69) is 43.4 Å². The number of thioether (sulfide) groups is 1. The van der Waals surface area contributed by atoms with Crippen LogP contribution in [0, 0.1) is 0 Å². The van der Waals surface area contributed by atoms with Crippen molar-refractivity contribution in [3.8, 4) is 0 Å². The molecule has 0 fully saturated rings. The van der Waals surface area contributed by atoms with E-state index >= 15 is 0 Å². The van der Waals surface area contributed by atoms with Gasteiger partial charge in [0.2, 0.25) is 0 Å². The molecule has 0 aliphatic heterocycles. The van der Waals surface area contributed by atoms with Crippen LogP contribution < -0.4 is 5.32 Å². The summed E-state index contributed by atoms with van der Waals surface area (Å²) in [4.78, 5) is 18.6. The Morgan fingerprint density at radius 1 is 1.11 bits per heavy atom. The minimum absolute atomic E-state index is 0.113. The zero-order valence-electron chi connectivity index (χ0n) is 15.8. The Morgan fingerprint density at radius 3 is 2.68 bits per heavy atom. The second kappa shape index (κ2) is 6.90. The van der Waals surface area contributed by atoms with Gasteiger partial charge in [-0.05, 0) is 59.7 Å². The molecule has 1 aliphatic carbocycles. The van der Waals surface area contributed by atoms with Gasteiger partial charge in [-0.25, -0.2) is 4.98 Å². The molecule has 3 aromatic carbocycles. The normalized spacial score (nSPS) is 13.0. The van der Waals surface area contributed by atoms with Crippen LogP contribution in [0.2, 0.25) is 0 Å². The summed E-state index contributed by atoms with van der Waals surface area (Å²) in [7, 11) is 0. The van der Waals surface area contributed by atoms with Crippen molar-refractivity contribution in [3.05, 3.63) is 65.2 Å². The zero-order chi connectivity index (χ0) is 19.3. The van der Waals surface area contributed by atoms with Crippen molar-refractivity contribution in [3.63, 3.8) is 0 Å². The molecule has 0 spiro atoms. The average molecular weight is 405 g/mol. The molecular formula is C23H20N2OS2. The summed E-state index contributed by atoms with van der Waals surface area (Å²) in [6.45, 7) is 4.32. The van der Waals surface area contributed by atoms with Crippen LogP contribution in [0.1, 0.15) is 35.3 Å². The molecule has 0 saturated carbocycles. The molecule has 3 nitrogen and oxygen atoms in total. The summed E-state index contributed by atoms with van der Waals surface area (Å²) >= 11 is 3.35. The van der Waals surface area contributed by atoms with E-state index < -0.39 is 0 Å². The fourth-order valence-corrected chi connectivity index (χ4v) is 5.66. The summed E-state index contributed by atoms with van der Waals surface area (Å²) in [5.41, 5.74) is 4.46. The number of carbonyl (C=O) groups excluding carboxylic acids is 1. The average Bonchev–Trinajstić information content (AvgIpc) is 3.27. The van der Waals surface area contributed by atoms with Crippen molar-refractivity contribution < 1.29 is 4.79 Å². The number of amides is 1. The van der Waals surface area contributed by atoms with Crippen LogP contribution in [-0.2, 0) is 12.8 Å². The number of rotatable bonds is 4. The molecule has 0 radical (unpaired) electrons. The summed E-state index contributed by atoms with van der Waals surface area (Å²) < 4.78 is 1.14. The number of hydrogen-bond donors (Lipinski definition) is 1. The van der Waals surface area contributed by atoms with E-state index in [0.29, 0.717) is 15.9 Å². The maximum atomic E-state index is 12.7. The highest BCUT2D eigenvalue weighted by molar-refractivity contribution is 7.99. The first-order valence-corrected chi connectivity index (χ1v) is 11.2. The predicted octanol–water partition coefficient (Wildman–Crippen LogP) is 6.30. The second-order valence-corrected chi connectivity index (χ2v) is 10.1. The monoisotopic (exact) mass is 404 g/mol. The molecule has 5 heteroatoms. The Balaban J connectivity index is 1.45. The third-order valence-electron chi connectivity index (χ3n) is 5.06. The van der Waals surface area contributed by atoms with Crippen LogP contribution in [0.15, 0.2) is 53.4 Å². The third kappa shape index (κ3) is 3.09. The molecule has 140 valence electrons. The quantitative estimate of drug-likeness (QED) is 0.406. The molecule has 0 saturated heterocycles. The van der Waals surface area contributed by atoms with Crippen LogP contribution in [0.25, 0.3) is 21.0 Å². The maximum absolute atomic E-state index is 12.7. The van der Waals surface area contributed by atoms with Crippen molar-refractivity contribution >= 4 is 55.1 Å². The number of hydrogen-bond acceptors (Lipinski definition) is 4. The Bertz CT molecular complexity index is 1210. The van der Waals surface area contributed by atoms with E-state index in [1.54, 1.807) is 23.1 Å². The minimum atomic E-state index is -0.113. The lowest BCUT2D eigenvalue weighted by Gasteiger charge is -2.06. The topological polar surface area (TPSA) is 42.0 Å². The van der Waals surface area contributed by atoms with Gasteiger partial charge in [-0.1, -0.05) is 43.4 Å². The number of aromatic nitrogens is 1. The molecule has 0 atom stereocenters. The Morgan fingerprint density at radius 2 is 1.89 bits per heavy atom. The molecule has 1 aliphatic rings. The number of anilines is 1. The van der Waals surface area contributed by atoms with Gasteiger partial charge in [0.05, 0.1) is 10.2 Å². The van der Waals surface area contributed by atoms with Crippen LogP contribution in [0.4, 0.5) is 5.13 Å². The van der Waals surface area contributed by atoms with Gasteiger partial charge in [0.25, 0.3) is 5.91 Å². The van der Waals surface area contributed by atoms with Crippen LogP contribution in [-0.4, -0.2) is 16.1 Å². The zero-order valence-corrected chi connectivity index (χ0v) is 17.4. The lowest BCUT2D eigenvalue weighted by atomic mass is 10.0. The highest BCUT2D eigenvalue weighted by Gasteiger charge is 2.19. The first-order chi connectivity index (χ1) is 13.6. The van der Waals surface area contributed by atoms with E-state index in [4.69, 9.17) is 4.98 Å². The van der Waals surface area contributed by atoms with Crippen molar-refractivity contribution in [2.24, 2.45) is 0 Å². The van der Waals surface area contributed by atoms with Crippen molar-refractivity contribution in [1.29, 1.82) is 0 Å². The first kappa shape index (κ1) is 17.7. The molecule has 1 N–H and O–H groups in total. The number of nitrogens with zero attached hydrogens (tertiary/aromatic N) is 1. The summed E-state index contributed by atoms with van der Waals surface area (Å²) in [5.74, 6) is -0.113. The number of benzene rings is 3. The molecule has 0 bridgehead atoms. The van der Waals surface area contributed by atoms with Gasteiger partial charge >= 0.3 is 0 Å². The van der Waals surface area contributed by atoms with Gasteiger partial charge in [-0.15, -0.1) is 11.8 Å². The van der Waals surface area contributed by atoms with Crippen LogP contribution >= 0.6 is 23.1 Å². The van der Waals surface area contributed by atoms with Crippen LogP contribution in [0.3, 0.4) is 0 Å². The smallest absolute Gasteiger partial charge is 0.257 e. The summed E-state index contributed by atoms with van der Waals surface area (Å²) in [6, 6.07) is 16.5. The maximum Gasteiger partial charge on any atom is 0.257 e. The van der Waals surface area contributed by atoms with Crippen molar-refractivity contribution in [1.82, 2.24) is 4.98 Å². The van der Waals surface area contributed by atoms with Gasteiger partial charge in [0.1, 0.15) is 0 Å². The Hall–Kier alpha value is -2.37. The molecule has 1 heterocycles. The van der Waals surface area contributed by atoms with Crippen molar-refractivity contribution in [2.75, 3.05) is 5.32 Å². The van der Waals surface area contributed by atoms with Crippen molar-refractivity contribution in [2.45, 2.75) is 36.8 Å². The minimum Gasteiger partial charge on any atom is -0.298 e. The fraction of sp³-hybridized carbons (Fsp3) is 0.217. The predicted molar refractivity (Wildman–Crippen MR) is 120 cm³/mol. The first-order valence-electron chi connectivity index (χ1n) is 9.50. The molecule has 1 amide bonds. The lowest BCUT2D eigenvalue weighted by molar-refractivity contribution is 0.102. The number of fused-ring (bicyclic) bond motifs is 2. The molecule has 5 rings (SSSR count). The number of aryl methyl sites for hydroxylation is 2. The van der Waals surface area contributed by atoms with Gasteiger partial charge in [0.15, 0.2) is 5.13 Å². The molecular weight excluding hydrogens is 384 g/mol. The number of nitrogens with one attached hydrogen (secondary N) is 1. The van der Waals surface area contributed by atoms with E-state index in [0.717, 1.165) is 23.1 Å². The highest BCUT2D eigenvalue weighted by atomic mass is 32.2. The number of thiazole rings is 1. The third-order valence-corrected chi connectivity index (χ3v) is 6.99. The molecule has 4 aromatic rings. The Kier molecular flexibility index (Phi) is 4.37. The van der Waals surface area contributed by atoms with Gasteiger partial charge in [-0.2, -0.15) is 0 Å². The van der Waals surface area contributed by atoms with E-state index in [1.807, 2.05) is 24.3 Å². The van der Waals surface area contributed by atoms with Gasteiger partial charge < -0.3 is 0 Å². The standard InChI is InChI=1S/C23H20N2OS2/c1-13(2)27-17-10-8-15(9-11-17)22(26)25-23-24-21-18-5-3-4-14-6-7-16(20(14)18)12-19(21)28-23/h3-5,8-13H,6-7H2,1-2H3,(H,24,25,26). The lowest BCUT2D eigenvalue weighted by Crippen LogP contribution is -2.11. The largest absolute Gasteiger partial charge is 0.298 e. The highest BCUT2D eigenvalue weighted by Crippen LogP contribution is 2.39. The second-order valence-electron chi connectivity index (χ2n) is 7.39.